The second-order valence-corrected chi connectivity index (χ2v) is 5.73. The Bertz CT molecular complexity index is 540. The van der Waals surface area contributed by atoms with Crippen LogP contribution >= 0.6 is 15.9 Å². The van der Waals surface area contributed by atoms with E-state index in [-0.39, 0.29) is 11.8 Å². The highest BCUT2D eigenvalue weighted by Gasteiger charge is 2.24. The summed E-state index contributed by atoms with van der Waals surface area (Å²) < 4.78 is 5.92. The highest BCUT2D eigenvalue weighted by Crippen LogP contribution is 2.26. The summed E-state index contributed by atoms with van der Waals surface area (Å²) in [4.78, 5) is 27.7. The van der Waals surface area contributed by atoms with Crippen LogP contribution in [0, 0.1) is 0 Å². The fourth-order valence-corrected chi connectivity index (χ4v) is 2.91. The number of hydrogen-bond donors (Lipinski definition) is 0. The predicted molar refractivity (Wildman–Crippen MR) is 83.5 cm³/mol. The van der Waals surface area contributed by atoms with Gasteiger partial charge in [0.1, 0.15) is 5.75 Å². The zero-order valence-electron chi connectivity index (χ0n) is 12.3. The van der Waals surface area contributed by atoms with Crippen LogP contribution in [0.25, 0.3) is 0 Å². The van der Waals surface area contributed by atoms with E-state index in [4.69, 9.17) is 4.74 Å². The maximum Gasteiger partial charge on any atom is 0.254 e. The minimum Gasteiger partial charge on any atom is -0.496 e. The summed E-state index contributed by atoms with van der Waals surface area (Å²) in [5.74, 6) is 0.834. The zero-order valence-corrected chi connectivity index (χ0v) is 13.9. The molecule has 0 N–H and O–H groups in total. The molecule has 0 spiro atoms. The van der Waals surface area contributed by atoms with Gasteiger partial charge >= 0.3 is 0 Å². The Balaban J connectivity index is 2.02. The molecular formula is C15H19BrN2O3. The number of nitrogens with zero attached hydrogens (tertiary/aromatic N) is 2. The molecule has 0 bridgehead atoms. The van der Waals surface area contributed by atoms with Gasteiger partial charge in [-0.15, -0.1) is 0 Å². The van der Waals surface area contributed by atoms with Gasteiger partial charge in [-0.2, -0.15) is 0 Å². The zero-order chi connectivity index (χ0) is 15.4. The first kappa shape index (κ1) is 15.8. The van der Waals surface area contributed by atoms with Crippen LogP contribution in [-0.4, -0.2) is 54.9 Å². The van der Waals surface area contributed by atoms with E-state index in [0.717, 1.165) is 4.47 Å². The Morgan fingerprint density at radius 3 is 2.33 bits per heavy atom. The first-order valence-electron chi connectivity index (χ1n) is 6.97. The maximum atomic E-state index is 12.5. The first-order chi connectivity index (χ1) is 10.1. The van der Waals surface area contributed by atoms with Crippen molar-refractivity contribution in [1.29, 1.82) is 0 Å². The number of amides is 2. The Morgan fingerprint density at radius 1 is 1.19 bits per heavy atom. The molecule has 2 amide bonds. The van der Waals surface area contributed by atoms with Crippen molar-refractivity contribution in [3.63, 3.8) is 0 Å². The van der Waals surface area contributed by atoms with Gasteiger partial charge in [0.2, 0.25) is 5.91 Å². The maximum absolute atomic E-state index is 12.5. The second-order valence-electron chi connectivity index (χ2n) is 4.88. The van der Waals surface area contributed by atoms with Crippen molar-refractivity contribution >= 4 is 27.7 Å². The van der Waals surface area contributed by atoms with Gasteiger partial charge < -0.3 is 14.5 Å². The lowest BCUT2D eigenvalue weighted by Gasteiger charge is -2.34. The van der Waals surface area contributed by atoms with Gasteiger partial charge in [0.05, 0.1) is 11.6 Å². The number of halogens is 1. The molecule has 1 aliphatic rings. The molecule has 1 aromatic carbocycles. The number of hydrogen-bond acceptors (Lipinski definition) is 3. The SMILES string of the molecule is CCC(=O)N1CCN(C(=O)c2ccc(OC)c(Br)c2)CC1. The molecular weight excluding hydrogens is 336 g/mol. The number of rotatable bonds is 3. The van der Waals surface area contributed by atoms with Gasteiger partial charge in [-0.05, 0) is 34.1 Å². The number of carbonyl (C=O) groups is 2. The molecule has 114 valence electrons. The normalized spacial score (nSPS) is 15.0. The van der Waals surface area contributed by atoms with E-state index in [1.54, 1.807) is 30.2 Å². The number of methoxy groups -OCH3 is 1. The highest BCUT2D eigenvalue weighted by molar-refractivity contribution is 9.10. The van der Waals surface area contributed by atoms with Crippen molar-refractivity contribution in [3.05, 3.63) is 28.2 Å². The topological polar surface area (TPSA) is 49.9 Å². The van der Waals surface area contributed by atoms with Gasteiger partial charge in [-0.1, -0.05) is 6.92 Å². The van der Waals surface area contributed by atoms with E-state index in [9.17, 15) is 9.59 Å². The van der Waals surface area contributed by atoms with Crippen molar-refractivity contribution in [1.82, 2.24) is 9.80 Å². The second kappa shape index (κ2) is 6.93. The van der Waals surface area contributed by atoms with Crippen LogP contribution in [0.5, 0.6) is 5.75 Å². The van der Waals surface area contributed by atoms with Gasteiger partial charge in [0.15, 0.2) is 0 Å². The van der Waals surface area contributed by atoms with E-state index in [0.29, 0.717) is 43.9 Å². The Kier molecular flexibility index (Phi) is 5.22. The summed E-state index contributed by atoms with van der Waals surface area (Å²) >= 11 is 3.39. The van der Waals surface area contributed by atoms with Crippen LogP contribution in [0.15, 0.2) is 22.7 Å². The minimum absolute atomic E-state index is 0.0121. The Labute approximate surface area is 133 Å². The molecule has 1 aromatic rings. The van der Waals surface area contributed by atoms with Crippen LogP contribution in [-0.2, 0) is 4.79 Å². The standard InChI is InChI=1S/C15H19BrN2O3/c1-3-14(19)17-6-8-18(9-7-17)15(20)11-4-5-13(21-2)12(16)10-11/h4-5,10H,3,6-9H2,1-2H3. The molecule has 21 heavy (non-hydrogen) atoms. The molecule has 1 heterocycles. The summed E-state index contributed by atoms with van der Waals surface area (Å²) in [7, 11) is 1.59. The van der Waals surface area contributed by atoms with Crippen molar-refractivity contribution in [2.45, 2.75) is 13.3 Å². The molecule has 0 aliphatic carbocycles. The molecule has 0 saturated carbocycles. The highest BCUT2D eigenvalue weighted by atomic mass is 79.9. The lowest BCUT2D eigenvalue weighted by molar-refractivity contribution is -0.132. The summed E-state index contributed by atoms with van der Waals surface area (Å²) in [6.45, 7) is 4.22. The lowest BCUT2D eigenvalue weighted by atomic mass is 10.1. The minimum atomic E-state index is -0.0121. The van der Waals surface area contributed by atoms with Gasteiger partial charge in [-0.25, -0.2) is 0 Å². The molecule has 1 saturated heterocycles. The van der Waals surface area contributed by atoms with E-state index in [1.165, 1.54) is 0 Å². The van der Waals surface area contributed by atoms with Gasteiger partial charge in [-0.3, -0.25) is 9.59 Å². The molecule has 0 aromatic heterocycles. The van der Waals surface area contributed by atoms with Crippen molar-refractivity contribution in [2.24, 2.45) is 0 Å². The summed E-state index contributed by atoms with van der Waals surface area (Å²) in [5, 5.41) is 0. The van der Waals surface area contributed by atoms with E-state index in [2.05, 4.69) is 15.9 Å². The van der Waals surface area contributed by atoms with Crippen LogP contribution in [0.3, 0.4) is 0 Å². The van der Waals surface area contributed by atoms with Crippen molar-refractivity contribution < 1.29 is 14.3 Å². The smallest absolute Gasteiger partial charge is 0.254 e. The summed E-state index contributed by atoms with van der Waals surface area (Å²) in [6, 6.07) is 5.30. The molecule has 5 nitrogen and oxygen atoms in total. The van der Waals surface area contributed by atoms with Crippen LogP contribution in [0.2, 0.25) is 0 Å². The summed E-state index contributed by atoms with van der Waals surface area (Å²) in [6.07, 6.45) is 0.513. The monoisotopic (exact) mass is 354 g/mol. The third kappa shape index (κ3) is 3.56. The average molecular weight is 355 g/mol. The number of ether oxygens (including phenoxy) is 1. The van der Waals surface area contributed by atoms with Crippen molar-refractivity contribution in [2.75, 3.05) is 33.3 Å². The Hall–Kier alpha value is -1.56. The summed E-state index contributed by atoms with van der Waals surface area (Å²) in [5.41, 5.74) is 0.623. The number of benzene rings is 1. The number of carbonyl (C=O) groups excluding carboxylic acids is 2. The van der Waals surface area contributed by atoms with E-state index in [1.807, 2.05) is 11.8 Å². The molecule has 0 atom stereocenters. The fourth-order valence-electron chi connectivity index (χ4n) is 2.36. The Morgan fingerprint density at radius 2 is 1.81 bits per heavy atom. The predicted octanol–water partition coefficient (Wildman–Crippen LogP) is 2.15. The molecule has 1 aliphatic heterocycles. The molecule has 0 unspecified atom stereocenters. The first-order valence-corrected chi connectivity index (χ1v) is 7.76. The average Bonchev–Trinajstić information content (AvgIpc) is 2.53. The molecule has 0 radical (unpaired) electrons. The quantitative estimate of drug-likeness (QED) is 0.835. The van der Waals surface area contributed by atoms with Crippen LogP contribution < -0.4 is 4.74 Å². The van der Waals surface area contributed by atoms with E-state index >= 15 is 0 Å². The lowest BCUT2D eigenvalue weighted by Crippen LogP contribution is -2.50. The third-order valence-corrected chi connectivity index (χ3v) is 4.24. The molecule has 2 rings (SSSR count). The molecule has 6 heteroatoms. The van der Waals surface area contributed by atoms with Gasteiger partial charge in [0.25, 0.3) is 5.91 Å². The van der Waals surface area contributed by atoms with E-state index < -0.39 is 0 Å². The van der Waals surface area contributed by atoms with Gasteiger partial charge in [0, 0.05) is 38.2 Å². The van der Waals surface area contributed by atoms with Crippen LogP contribution in [0.1, 0.15) is 23.7 Å². The fraction of sp³-hybridized carbons (Fsp3) is 0.467. The number of piperazine rings is 1. The largest absolute Gasteiger partial charge is 0.496 e. The van der Waals surface area contributed by atoms with Crippen LogP contribution in [0.4, 0.5) is 0 Å². The third-order valence-electron chi connectivity index (χ3n) is 3.62. The molecule has 1 fully saturated rings. The van der Waals surface area contributed by atoms with Crippen molar-refractivity contribution in [3.8, 4) is 5.75 Å².